The number of rotatable bonds is 4. The smallest absolute Gasteiger partial charge is 0.123 e. The van der Waals surface area contributed by atoms with E-state index in [1.165, 1.54) is 44.6 Å². The predicted molar refractivity (Wildman–Crippen MR) is 73.7 cm³/mol. The third-order valence-electron chi connectivity index (χ3n) is 4.33. The molecule has 0 bridgehead atoms. The Morgan fingerprint density at radius 3 is 2.61 bits per heavy atom. The van der Waals surface area contributed by atoms with Gasteiger partial charge in [0.1, 0.15) is 5.82 Å². The topological polar surface area (TPSA) is 26.0 Å². The van der Waals surface area contributed by atoms with Crippen molar-refractivity contribution in [2.24, 2.45) is 17.6 Å². The maximum Gasteiger partial charge on any atom is 0.123 e. The van der Waals surface area contributed by atoms with Crippen molar-refractivity contribution < 1.29 is 4.39 Å². The van der Waals surface area contributed by atoms with Crippen LogP contribution < -0.4 is 5.73 Å². The highest BCUT2D eigenvalue weighted by molar-refractivity contribution is 5.20. The van der Waals surface area contributed by atoms with Crippen LogP contribution in [-0.4, -0.2) is 0 Å². The molecule has 0 aromatic heterocycles. The average molecular weight is 249 g/mol. The van der Waals surface area contributed by atoms with E-state index in [0.29, 0.717) is 5.92 Å². The minimum Gasteiger partial charge on any atom is -0.324 e. The second-order valence-corrected chi connectivity index (χ2v) is 5.65. The van der Waals surface area contributed by atoms with Gasteiger partial charge in [0.15, 0.2) is 0 Å². The van der Waals surface area contributed by atoms with Gasteiger partial charge in [-0.25, -0.2) is 4.39 Å². The minimum absolute atomic E-state index is 0.00303. The van der Waals surface area contributed by atoms with E-state index in [-0.39, 0.29) is 11.9 Å². The Balaban J connectivity index is 1.93. The summed E-state index contributed by atoms with van der Waals surface area (Å²) >= 11 is 0. The van der Waals surface area contributed by atoms with Crippen LogP contribution in [0.15, 0.2) is 24.3 Å². The van der Waals surface area contributed by atoms with E-state index in [4.69, 9.17) is 5.73 Å². The fourth-order valence-electron chi connectivity index (χ4n) is 3.23. The van der Waals surface area contributed by atoms with Gasteiger partial charge < -0.3 is 5.73 Å². The molecule has 0 aliphatic heterocycles. The molecule has 100 valence electrons. The van der Waals surface area contributed by atoms with Gasteiger partial charge in [0.05, 0.1) is 0 Å². The van der Waals surface area contributed by atoms with Gasteiger partial charge in [-0.3, -0.25) is 0 Å². The van der Waals surface area contributed by atoms with Crippen molar-refractivity contribution in [1.82, 2.24) is 0 Å². The van der Waals surface area contributed by atoms with Crippen molar-refractivity contribution >= 4 is 0 Å². The molecule has 0 amide bonds. The van der Waals surface area contributed by atoms with Crippen LogP contribution in [0.4, 0.5) is 4.39 Å². The fraction of sp³-hybridized carbons (Fsp3) is 0.625. The van der Waals surface area contributed by atoms with Crippen LogP contribution >= 0.6 is 0 Å². The molecule has 1 atom stereocenters. The first-order valence-corrected chi connectivity index (χ1v) is 7.21. The lowest BCUT2D eigenvalue weighted by molar-refractivity contribution is 0.234. The first kappa shape index (κ1) is 13.5. The monoisotopic (exact) mass is 249 g/mol. The number of benzene rings is 1. The molecular formula is C16H24FN. The van der Waals surface area contributed by atoms with Crippen molar-refractivity contribution in [3.8, 4) is 0 Å². The first-order chi connectivity index (χ1) is 8.70. The van der Waals surface area contributed by atoms with Crippen LogP contribution in [0.2, 0.25) is 0 Å². The summed E-state index contributed by atoms with van der Waals surface area (Å²) in [6, 6.07) is 6.78. The van der Waals surface area contributed by atoms with Crippen LogP contribution in [0.25, 0.3) is 0 Å². The average Bonchev–Trinajstić information content (AvgIpc) is 2.39. The van der Waals surface area contributed by atoms with Crippen LogP contribution in [0.5, 0.6) is 0 Å². The van der Waals surface area contributed by atoms with Crippen LogP contribution in [-0.2, 0) is 0 Å². The van der Waals surface area contributed by atoms with Gasteiger partial charge in [0.2, 0.25) is 0 Å². The number of hydrogen-bond donors (Lipinski definition) is 1. The summed E-state index contributed by atoms with van der Waals surface area (Å²) in [5, 5.41) is 0. The van der Waals surface area contributed by atoms with E-state index in [2.05, 4.69) is 6.92 Å². The van der Waals surface area contributed by atoms with Gasteiger partial charge >= 0.3 is 0 Å². The number of nitrogens with two attached hydrogens (primary N) is 1. The molecule has 1 saturated carbocycles. The predicted octanol–water partition coefficient (Wildman–Crippen LogP) is 4.43. The maximum absolute atomic E-state index is 13.2. The van der Waals surface area contributed by atoms with E-state index in [1.807, 2.05) is 6.07 Å². The summed E-state index contributed by atoms with van der Waals surface area (Å²) < 4.78 is 13.2. The van der Waals surface area contributed by atoms with Gasteiger partial charge in [-0.2, -0.15) is 0 Å². The summed E-state index contributed by atoms with van der Waals surface area (Å²) in [7, 11) is 0. The highest BCUT2D eigenvalue weighted by Crippen LogP contribution is 2.37. The van der Waals surface area contributed by atoms with E-state index < -0.39 is 0 Å². The Kier molecular flexibility index (Phi) is 4.76. The van der Waals surface area contributed by atoms with E-state index in [1.54, 1.807) is 12.1 Å². The second-order valence-electron chi connectivity index (χ2n) is 5.65. The third-order valence-corrected chi connectivity index (χ3v) is 4.33. The van der Waals surface area contributed by atoms with Crippen LogP contribution in [0, 0.1) is 17.7 Å². The lowest BCUT2D eigenvalue weighted by Crippen LogP contribution is -2.26. The molecular weight excluding hydrogens is 225 g/mol. The first-order valence-electron chi connectivity index (χ1n) is 7.21. The molecule has 1 aromatic rings. The Morgan fingerprint density at radius 1 is 1.28 bits per heavy atom. The molecule has 1 nitrogen and oxygen atoms in total. The molecule has 2 rings (SSSR count). The van der Waals surface area contributed by atoms with E-state index in [9.17, 15) is 4.39 Å². The van der Waals surface area contributed by atoms with Crippen molar-refractivity contribution in [3.05, 3.63) is 35.6 Å². The van der Waals surface area contributed by atoms with Crippen LogP contribution in [0.3, 0.4) is 0 Å². The molecule has 18 heavy (non-hydrogen) atoms. The summed E-state index contributed by atoms with van der Waals surface area (Å²) in [5.41, 5.74) is 7.24. The summed E-state index contributed by atoms with van der Waals surface area (Å²) in [4.78, 5) is 0. The van der Waals surface area contributed by atoms with E-state index >= 15 is 0 Å². The molecule has 1 aliphatic carbocycles. The molecule has 0 saturated heterocycles. The summed E-state index contributed by atoms with van der Waals surface area (Å²) in [6.45, 7) is 2.25. The zero-order valence-corrected chi connectivity index (χ0v) is 11.2. The zero-order chi connectivity index (χ0) is 13.0. The largest absolute Gasteiger partial charge is 0.324 e. The normalized spacial score (nSPS) is 25.9. The van der Waals surface area contributed by atoms with Gasteiger partial charge in [0.25, 0.3) is 0 Å². The molecule has 0 heterocycles. The van der Waals surface area contributed by atoms with Crippen LogP contribution in [0.1, 0.15) is 57.1 Å². The summed E-state index contributed by atoms with van der Waals surface area (Å²) in [6.07, 6.45) is 7.61. The standard InChI is InChI=1S/C16H24FN/c1-2-4-12-7-9-13(10-8-12)16(18)14-5-3-6-15(17)11-14/h3,5-6,11-13,16H,2,4,7-10,18H2,1H3. The van der Waals surface area contributed by atoms with Crippen molar-refractivity contribution in [2.45, 2.75) is 51.5 Å². The molecule has 0 spiro atoms. The number of hydrogen-bond acceptors (Lipinski definition) is 1. The quantitative estimate of drug-likeness (QED) is 0.839. The molecule has 0 radical (unpaired) electrons. The zero-order valence-electron chi connectivity index (χ0n) is 11.2. The molecule has 2 heteroatoms. The Labute approximate surface area is 110 Å². The molecule has 1 aromatic carbocycles. The second kappa shape index (κ2) is 6.33. The third kappa shape index (κ3) is 3.32. The van der Waals surface area contributed by atoms with Gasteiger partial charge in [-0.15, -0.1) is 0 Å². The van der Waals surface area contributed by atoms with Gasteiger partial charge in [0, 0.05) is 6.04 Å². The van der Waals surface area contributed by atoms with Crippen molar-refractivity contribution in [3.63, 3.8) is 0 Å². The molecule has 1 unspecified atom stereocenters. The highest BCUT2D eigenvalue weighted by atomic mass is 19.1. The molecule has 1 fully saturated rings. The van der Waals surface area contributed by atoms with Gasteiger partial charge in [-0.05, 0) is 42.4 Å². The SMILES string of the molecule is CCCC1CCC(C(N)c2cccc(F)c2)CC1. The lowest BCUT2D eigenvalue weighted by atomic mass is 9.76. The van der Waals surface area contributed by atoms with Crippen molar-refractivity contribution in [1.29, 1.82) is 0 Å². The number of halogens is 1. The fourth-order valence-corrected chi connectivity index (χ4v) is 3.23. The van der Waals surface area contributed by atoms with Gasteiger partial charge in [-0.1, -0.05) is 44.7 Å². The molecule has 1 aliphatic rings. The highest BCUT2D eigenvalue weighted by Gasteiger charge is 2.26. The van der Waals surface area contributed by atoms with Crippen molar-refractivity contribution in [2.75, 3.05) is 0 Å². The maximum atomic E-state index is 13.2. The Bertz CT molecular complexity index is 369. The Hall–Kier alpha value is -0.890. The molecule has 2 N–H and O–H groups in total. The minimum atomic E-state index is -0.178. The van der Waals surface area contributed by atoms with E-state index in [0.717, 1.165) is 11.5 Å². The summed E-state index contributed by atoms with van der Waals surface area (Å²) in [5.74, 6) is 1.24. The lowest BCUT2D eigenvalue weighted by Gasteiger charge is -2.32. The Morgan fingerprint density at radius 2 is 2.00 bits per heavy atom.